The van der Waals surface area contributed by atoms with Gasteiger partial charge < -0.3 is 23.7 Å². The zero-order chi connectivity index (χ0) is 31.5. The second-order valence-corrected chi connectivity index (χ2v) is 11.5. The van der Waals surface area contributed by atoms with Crippen molar-refractivity contribution in [2.45, 2.75) is 33.2 Å². The quantitative estimate of drug-likeness (QED) is 0.104. The molecule has 1 unspecified atom stereocenters. The van der Waals surface area contributed by atoms with Crippen LogP contribution >= 0.6 is 11.3 Å². The van der Waals surface area contributed by atoms with E-state index >= 15 is 0 Å². The van der Waals surface area contributed by atoms with Crippen LogP contribution in [0.25, 0.3) is 11.0 Å². The maximum absolute atomic E-state index is 14.0. The maximum Gasteiger partial charge on any atom is 0.350 e. The number of aryl methyl sites for hydroxylation is 1. The van der Waals surface area contributed by atoms with Gasteiger partial charge in [-0.1, -0.05) is 62.1 Å². The van der Waals surface area contributed by atoms with E-state index in [1.165, 1.54) is 18.1 Å². The van der Waals surface area contributed by atoms with Crippen molar-refractivity contribution in [3.8, 4) is 11.5 Å². The highest BCUT2D eigenvalue weighted by molar-refractivity contribution is 7.17. The summed E-state index contributed by atoms with van der Waals surface area (Å²) in [5, 5.41) is 12.0. The molecule has 0 radical (unpaired) electrons. The lowest BCUT2D eigenvalue weighted by Crippen LogP contribution is -2.31. The lowest BCUT2D eigenvalue weighted by Gasteiger charge is -2.25. The van der Waals surface area contributed by atoms with E-state index < -0.39 is 29.5 Å². The molecule has 0 fully saturated rings. The van der Waals surface area contributed by atoms with Crippen LogP contribution in [0.4, 0.5) is 5.13 Å². The van der Waals surface area contributed by atoms with E-state index in [4.69, 9.17) is 18.6 Å². The number of esters is 1. The van der Waals surface area contributed by atoms with Crippen LogP contribution in [0.1, 0.15) is 57.8 Å². The van der Waals surface area contributed by atoms with Crippen LogP contribution in [0, 0.1) is 12.8 Å². The number of methoxy groups -OCH3 is 1. The number of anilines is 1. The van der Waals surface area contributed by atoms with E-state index in [2.05, 4.69) is 25.4 Å². The van der Waals surface area contributed by atoms with Crippen LogP contribution in [-0.2, 0) is 9.53 Å². The van der Waals surface area contributed by atoms with Crippen LogP contribution in [0.5, 0.6) is 11.5 Å². The largest absolute Gasteiger partial charge is 0.503 e. The molecule has 10 nitrogen and oxygen atoms in total. The van der Waals surface area contributed by atoms with Gasteiger partial charge in [0.25, 0.3) is 5.91 Å². The number of benzene rings is 2. The Hall–Kier alpha value is -4.90. The number of amides is 1. The molecular weight excluding hydrogens is 584 g/mol. The molecule has 3 heterocycles. The van der Waals surface area contributed by atoms with Crippen molar-refractivity contribution in [3.05, 3.63) is 94.4 Å². The first-order valence-corrected chi connectivity index (χ1v) is 14.8. The summed E-state index contributed by atoms with van der Waals surface area (Å²) in [5.41, 5.74) is 1.05. The summed E-state index contributed by atoms with van der Waals surface area (Å²) in [4.78, 5) is 46.2. The summed E-state index contributed by atoms with van der Waals surface area (Å²) >= 11 is 0.916. The van der Waals surface area contributed by atoms with E-state index in [1.807, 2.05) is 6.07 Å². The molecule has 0 saturated heterocycles. The van der Waals surface area contributed by atoms with Gasteiger partial charge in [0.05, 0.1) is 31.0 Å². The van der Waals surface area contributed by atoms with Gasteiger partial charge in [-0.25, -0.2) is 9.78 Å². The normalized spacial score (nSPS) is 14.9. The third-order valence-corrected chi connectivity index (χ3v) is 8.20. The molecule has 0 bridgehead atoms. The molecule has 0 spiro atoms. The van der Waals surface area contributed by atoms with Gasteiger partial charge >= 0.3 is 5.97 Å². The number of rotatable bonds is 12. The summed E-state index contributed by atoms with van der Waals surface area (Å²) in [6.45, 7) is 9.83. The molecule has 11 heteroatoms. The minimum absolute atomic E-state index is 0.000648. The minimum atomic E-state index is -1.13. The number of hydrogen-bond acceptors (Lipinski definition) is 10. The van der Waals surface area contributed by atoms with Crippen LogP contribution in [-0.4, -0.2) is 48.1 Å². The zero-order valence-electron chi connectivity index (χ0n) is 24.8. The van der Waals surface area contributed by atoms with Gasteiger partial charge in [-0.15, -0.1) is 0 Å². The number of fused-ring (bicyclic) bond motifs is 1. The predicted octanol–water partition coefficient (Wildman–Crippen LogP) is 6.76. The maximum atomic E-state index is 14.0. The Labute approximate surface area is 258 Å². The average Bonchev–Trinajstić information content (AvgIpc) is 3.69. The second-order valence-electron chi connectivity index (χ2n) is 10.6. The molecule has 1 N–H and O–H groups in total. The third kappa shape index (κ3) is 5.83. The molecule has 4 aromatic rings. The van der Waals surface area contributed by atoms with Crippen molar-refractivity contribution in [1.82, 2.24) is 4.98 Å². The first kappa shape index (κ1) is 30.6. The fourth-order valence-corrected chi connectivity index (χ4v) is 5.82. The number of furan rings is 1. The fraction of sp³-hybridized carbons (Fsp3) is 0.273. The van der Waals surface area contributed by atoms with Crippen LogP contribution in [0.15, 0.2) is 76.9 Å². The van der Waals surface area contributed by atoms with Gasteiger partial charge in [-0.3, -0.25) is 14.5 Å². The number of carbonyl (C=O) groups is 3. The van der Waals surface area contributed by atoms with E-state index in [-0.39, 0.29) is 27.9 Å². The Balaban J connectivity index is 1.61. The number of thiazole rings is 1. The van der Waals surface area contributed by atoms with E-state index in [1.54, 1.807) is 49.4 Å². The Morgan fingerprint density at radius 3 is 2.66 bits per heavy atom. The van der Waals surface area contributed by atoms with E-state index in [0.29, 0.717) is 46.3 Å². The molecule has 1 aliphatic heterocycles. The number of Topliss-reactive ketones (excluding diaryl/α,β-unsaturated/α-hetero) is 1. The molecule has 2 aromatic carbocycles. The Kier molecular flexibility index (Phi) is 8.86. The standard InChI is InChI=1S/C33H32N2O8S/c1-6-14-42-32(39)30-19(4)34-33(44-30)35-27(21-11-12-23(24(17-21)40-5)41-15-13-18(2)3)26(29(37)31(35)38)28(36)25-16-20-9-7-8-10-22(20)43-25/h6-12,16-18,27,37H,1,13-15H2,2-5H3. The molecule has 228 valence electrons. The van der Waals surface area contributed by atoms with Crippen molar-refractivity contribution in [1.29, 1.82) is 0 Å². The van der Waals surface area contributed by atoms with Crippen molar-refractivity contribution in [3.63, 3.8) is 0 Å². The Bertz CT molecular complexity index is 1750. The number of hydrogen-bond donors (Lipinski definition) is 1. The Morgan fingerprint density at radius 2 is 1.95 bits per heavy atom. The number of aliphatic hydroxyl groups excluding tert-OH is 1. The molecule has 0 saturated carbocycles. The SMILES string of the molecule is C=CCOC(=O)c1sc(N2C(=O)C(O)=C(C(=O)c3cc4ccccc4o3)C2c2ccc(OCCC(C)C)c(OC)c2)nc1C. The van der Waals surface area contributed by atoms with E-state index in [9.17, 15) is 19.5 Å². The number of carbonyl (C=O) groups excluding carboxylic acids is 3. The van der Waals surface area contributed by atoms with Crippen LogP contribution < -0.4 is 14.4 Å². The van der Waals surface area contributed by atoms with Gasteiger partial charge in [0.15, 0.2) is 28.1 Å². The van der Waals surface area contributed by atoms with Gasteiger partial charge in [0.1, 0.15) is 17.1 Å². The van der Waals surface area contributed by atoms with Crippen molar-refractivity contribution < 1.29 is 38.1 Å². The fourth-order valence-electron chi connectivity index (χ4n) is 4.83. The highest BCUT2D eigenvalue weighted by atomic mass is 32.1. The highest BCUT2D eigenvalue weighted by Gasteiger charge is 2.47. The second kappa shape index (κ2) is 12.8. The van der Waals surface area contributed by atoms with Crippen LogP contribution in [0.2, 0.25) is 0 Å². The molecule has 44 heavy (non-hydrogen) atoms. The molecule has 0 aliphatic carbocycles. The van der Waals surface area contributed by atoms with E-state index in [0.717, 1.165) is 17.8 Å². The molecule has 1 aliphatic rings. The zero-order valence-corrected chi connectivity index (χ0v) is 25.6. The smallest absolute Gasteiger partial charge is 0.350 e. The number of para-hydroxylation sites is 1. The summed E-state index contributed by atoms with van der Waals surface area (Å²) in [7, 11) is 1.49. The van der Waals surface area contributed by atoms with Crippen molar-refractivity contribution >= 4 is 45.1 Å². The number of ketones is 1. The topological polar surface area (TPSA) is 128 Å². The third-order valence-electron chi connectivity index (χ3n) is 7.07. The van der Waals surface area contributed by atoms with Crippen molar-refractivity contribution in [2.24, 2.45) is 5.92 Å². The number of nitrogens with zero attached hydrogens (tertiary/aromatic N) is 2. The summed E-state index contributed by atoms with van der Waals surface area (Å²) in [6, 6.07) is 12.6. The van der Waals surface area contributed by atoms with Crippen LogP contribution in [0.3, 0.4) is 0 Å². The van der Waals surface area contributed by atoms with Gasteiger partial charge in [-0.05, 0) is 49.1 Å². The first-order chi connectivity index (χ1) is 21.1. The van der Waals surface area contributed by atoms with Gasteiger partial charge in [0, 0.05) is 5.39 Å². The lowest BCUT2D eigenvalue weighted by molar-refractivity contribution is -0.117. The summed E-state index contributed by atoms with van der Waals surface area (Å²) < 4.78 is 22.6. The number of aromatic nitrogens is 1. The number of aliphatic hydroxyl groups is 1. The predicted molar refractivity (Wildman–Crippen MR) is 166 cm³/mol. The molecule has 1 amide bonds. The molecular formula is C33H32N2O8S. The monoisotopic (exact) mass is 616 g/mol. The molecule has 5 rings (SSSR count). The van der Waals surface area contributed by atoms with Gasteiger partial charge in [-0.2, -0.15) is 0 Å². The average molecular weight is 617 g/mol. The minimum Gasteiger partial charge on any atom is -0.503 e. The lowest BCUT2D eigenvalue weighted by atomic mass is 9.95. The number of ether oxygens (including phenoxy) is 3. The molecule has 2 aromatic heterocycles. The Morgan fingerprint density at radius 1 is 1.18 bits per heavy atom. The summed E-state index contributed by atoms with van der Waals surface area (Å²) in [5.74, 6) is -1.64. The summed E-state index contributed by atoms with van der Waals surface area (Å²) in [6.07, 6.45) is 2.28. The van der Waals surface area contributed by atoms with Gasteiger partial charge in [0.2, 0.25) is 5.78 Å². The highest BCUT2D eigenvalue weighted by Crippen LogP contribution is 2.45. The molecule has 1 atom stereocenters. The first-order valence-electron chi connectivity index (χ1n) is 14.0. The van der Waals surface area contributed by atoms with Crippen molar-refractivity contribution in [2.75, 3.05) is 25.2 Å².